The number of rotatable bonds is 6. The molecular formula is C23H26FN5OS. The Balaban J connectivity index is 1.48. The number of carbonyl (C=O) groups excluding carboxylic acids is 1. The topological polar surface area (TPSA) is 70.2 Å². The first-order valence-electron chi connectivity index (χ1n) is 10.4. The summed E-state index contributed by atoms with van der Waals surface area (Å²) in [4.78, 5) is 24.8. The minimum atomic E-state index is -0.281. The van der Waals surface area contributed by atoms with E-state index in [1.807, 2.05) is 43.9 Å². The lowest BCUT2D eigenvalue weighted by Gasteiger charge is -2.17. The van der Waals surface area contributed by atoms with E-state index in [4.69, 9.17) is 4.98 Å². The van der Waals surface area contributed by atoms with E-state index in [2.05, 4.69) is 15.6 Å². The van der Waals surface area contributed by atoms with Crippen molar-refractivity contribution in [1.29, 1.82) is 0 Å². The number of nitrogens with one attached hydrogen (secondary N) is 2. The van der Waals surface area contributed by atoms with Crippen molar-refractivity contribution < 1.29 is 9.18 Å². The Morgan fingerprint density at radius 1 is 1.23 bits per heavy atom. The average Bonchev–Trinajstić information content (AvgIpc) is 3.34. The van der Waals surface area contributed by atoms with Gasteiger partial charge in [-0.25, -0.2) is 9.37 Å². The molecule has 1 aliphatic rings. The number of thiazole rings is 1. The summed E-state index contributed by atoms with van der Waals surface area (Å²) in [5.74, 6) is -0.0811. The molecule has 0 aliphatic carbocycles. The molecule has 0 radical (unpaired) electrons. The maximum absolute atomic E-state index is 13.5. The summed E-state index contributed by atoms with van der Waals surface area (Å²) in [6, 6.07) is 10.3. The number of aryl methyl sites for hydroxylation is 2. The van der Waals surface area contributed by atoms with Crippen molar-refractivity contribution in [2.75, 3.05) is 30.3 Å². The normalized spacial score (nSPS) is 15.9. The van der Waals surface area contributed by atoms with Crippen LogP contribution >= 0.6 is 11.3 Å². The number of anilines is 3. The molecule has 1 atom stereocenters. The zero-order valence-electron chi connectivity index (χ0n) is 17.9. The van der Waals surface area contributed by atoms with Gasteiger partial charge in [-0.3, -0.25) is 9.78 Å². The first kappa shape index (κ1) is 21.2. The van der Waals surface area contributed by atoms with E-state index in [1.165, 1.54) is 23.5 Å². The molecule has 0 saturated carbocycles. The van der Waals surface area contributed by atoms with Crippen molar-refractivity contribution in [2.45, 2.75) is 33.1 Å². The van der Waals surface area contributed by atoms with Gasteiger partial charge in [-0.05, 0) is 57.5 Å². The lowest BCUT2D eigenvalue weighted by Crippen LogP contribution is -2.28. The summed E-state index contributed by atoms with van der Waals surface area (Å²) in [7, 11) is 0. The SMILES string of the molecule is CCNc1nc(C)c(C(=O)N2CC[C@H](c3cc(Nc4cccc(F)c4)cc(C)n3)C2)s1. The van der Waals surface area contributed by atoms with Crippen molar-refractivity contribution in [3.63, 3.8) is 0 Å². The number of benzene rings is 1. The van der Waals surface area contributed by atoms with Gasteiger partial charge in [-0.15, -0.1) is 0 Å². The number of halogens is 1. The fraction of sp³-hybridized carbons (Fsp3) is 0.348. The summed E-state index contributed by atoms with van der Waals surface area (Å²) >= 11 is 1.41. The third-order valence-electron chi connectivity index (χ3n) is 5.30. The summed E-state index contributed by atoms with van der Waals surface area (Å²) in [6.45, 7) is 7.93. The van der Waals surface area contributed by atoms with Gasteiger partial charge >= 0.3 is 0 Å². The molecule has 1 aliphatic heterocycles. The fourth-order valence-corrected chi connectivity index (χ4v) is 4.86. The summed E-state index contributed by atoms with van der Waals surface area (Å²) < 4.78 is 13.5. The van der Waals surface area contributed by atoms with Crippen molar-refractivity contribution in [2.24, 2.45) is 0 Å². The number of aromatic nitrogens is 2. The molecule has 1 saturated heterocycles. The highest BCUT2D eigenvalue weighted by molar-refractivity contribution is 7.17. The van der Waals surface area contributed by atoms with Crippen LogP contribution < -0.4 is 10.6 Å². The van der Waals surface area contributed by atoms with E-state index < -0.39 is 0 Å². The standard InChI is InChI=1S/C23H26FN5OS/c1-4-25-23-27-15(3)21(31-23)22(30)29-9-8-16(13-29)20-12-19(10-14(2)26-20)28-18-7-5-6-17(24)11-18/h5-7,10-12,16H,4,8-9,13H2,1-3H3,(H,25,27)(H,26,28)/t16-/m0/s1. The van der Waals surface area contributed by atoms with Crippen molar-refractivity contribution >= 4 is 33.8 Å². The maximum atomic E-state index is 13.5. The van der Waals surface area contributed by atoms with Gasteiger partial charge in [0.1, 0.15) is 10.7 Å². The van der Waals surface area contributed by atoms with Crippen molar-refractivity contribution in [3.8, 4) is 0 Å². The van der Waals surface area contributed by atoms with Gasteiger partial charge in [0.2, 0.25) is 0 Å². The second kappa shape index (κ2) is 9.01. The smallest absolute Gasteiger partial charge is 0.265 e. The van der Waals surface area contributed by atoms with E-state index >= 15 is 0 Å². The maximum Gasteiger partial charge on any atom is 0.265 e. The number of hydrogen-bond acceptors (Lipinski definition) is 6. The third-order valence-corrected chi connectivity index (χ3v) is 6.40. The Morgan fingerprint density at radius 3 is 2.84 bits per heavy atom. The molecule has 2 N–H and O–H groups in total. The van der Waals surface area contributed by atoms with Crippen molar-refractivity contribution in [1.82, 2.24) is 14.9 Å². The van der Waals surface area contributed by atoms with Crippen LogP contribution in [0.4, 0.5) is 20.9 Å². The molecule has 0 unspecified atom stereocenters. The van der Waals surface area contributed by atoms with Crippen LogP contribution in [0.15, 0.2) is 36.4 Å². The van der Waals surface area contributed by atoms with E-state index in [0.717, 1.165) is 40.9 Å². The summed E-state index contributed by atoms with van der Waals surface area (Å²) in [5.41, 5.74) is 4.16. The third kappa shape index (κ3) is 4.85. The first-order valence-corrected chi connectivity index (χ1v) is 11.3. The molecule has 6 nitrogen and oxygen atoms in total. The lowest BCUT2D eigenvalue weighted by molar-refractivity contribution is 0.0794. The van der Waals surface area contributed by atoms with Gasteiger partial charge in [0.05, 0.1) is 5.69 Å². The quantitative estimate of drug-likeness (QED) is 0.559. The van der Waals surface area contributed by atoms with E-state index in [1.54, 1.807) is 6.07 Å². The van der Waals surface area contributed by atoms with E-state index in [-0.39, 0.29) is 17.6 Å². The molecule has 8 heteroatoms. The fourth-order valence-electron chi connectivity index (χ4n) is 3.86. The van der Waals surface area contributed by atoms with Crippen LogP contribution in [0.3, 0.4) is 0 Å². The molecule has 1 amide bonds. The molecule has 0 spiro atoms. The van der Waals surface area contributed by atoms with Gasteiger partial charge in [0.15, 0.2) is 5.13 Å². The van der Waals surface area contributed by atoms with Crippen LogP contribution in [0.2, 0.25) is 0 Å². The molecule has 162 valence electrons. The highest BCUT2D eigenvalue weighted by Crippen LogP contribution is 2.32. The zero-order chi connectivity index (χ0) is 22.0. The van der Waals surface area contributed by atoms with Crippen LogP contribution in [0, 0.1) is 19.7 Å². The van der Waals surface area contributed by atoms with Crippen LogP contribution in [0.25, 0.3) is 0 Å². The molecule has 3 heterocycles. The van der Waals surface area contributed by atoms with E-state index in [0.29, 0.717) is 23.7 Å². The Morgan fingerprint density at radius 2 is 2.06 bits per heavy atom. The lowest BCUT2D eigenvalue weighted by atomic mass is 10.0. The molecule has 0 bridgehead atoms. The highest BCUT2D eigenvalue weighted by atomic mass is 32.1. The number of pyridine rings is 1. The van der Waals surface area contributed by atoms with Gasteiger partial charge in [-0.1, -0.05) is 17.4 Å². The molecule has 1 fully saturated rings. The molecule has 4 rings (SSSR count). The minimum absolute atomic E-state index is 0.0346. The molecule has 2 aromatic heterocycles. The van der Waals surface area contributed by atoms with Crippen LogP contribution in [0.1, 0.15) is 46.0 Å². The van der Waals surface area contributed by atoms with Gasteiger partial charge in [0, 0.05) is 48.3 Å². The number of carbonyl (C=O) groups is 1. The van der Waals surface area contributed by atoms with Crippen LogP contribution in [0.5, 0.6) is 0 Å². The van der Waals surface area contributed by atoms with E-state index in [9.17, 15) is 9.18 Å². The largest absolute Gasteiger partial charge is 0.362 e. The number of likely N-dealkylation sites (tertiary alicyclic amines) is 1. The number of nitrogens with zero attached hydrogens (tertiary/aromatic N) is 3. The van der Waals surface area contributed by atoms with Gasteiger partial charge in [0.25, 0.3) is 5.91 Å². The van der Waals surface area contributed by atoms with Crippen molar-refractivity contribution in [3.05, 3.63) is 64.2 Å². The second-order valence-corrected chi connectivity index (χ2v) is 8.76. The molecule has 1 aromatic carbocycles. The number of hydrogen-bond donors (Lipinski definition) is 2. The molecule has 31 heavy (non-hydrogen) atoms. The molecular weight excluding hydrogens is 413 g/mol. The highest BCUT2D eigenvalue weighted by Gasteiger charge is 2.31. The van der Waals surface area contributed by atoms with Crippen LogP contribution in [-0.4, -0.2) is 40.4 Å². The zero-order valence-corrected chi connectivity index (χ0v) is 18.7. The Labute approximate surface area is 185 Å². The van der Waals surface area contributed by atoms with Gasteiger partial charge < -0.3 is 15.5 Å². The van der Waals surface area contributed by atoms with Gasteiger partial charge in [-0.2, -0.15) is 0 Å². The second-order valence-electron chi connectivity index (χ2n) is 7.76. The average molecular weight is 440 g/mol. The number of amides is 1. The predicted octanol–water partition coefficient (Wildman–Crippen LogP) is 5.10. The molecule has 3 aromatic rings. The predicted molar refractivity (Wildman–Crippen MR) is 123 cm³/mol. The summed E-state index contributed by atoms with van der Waals surface area (Å²) in [6.07, 6.45) is 0.861. The first-order chi connectivity index (χ1) is 14.9. The van der Waals surface area contributed by atoms with Crippen LogP contribution in [-0.2, 0) is 0 Å². The Bertz CT molecular complexity index is 1100. The Kier molecular flexibility index (Phi) is 6.18. The monoisotopic (exact) mass is 439 g/mol. The summed E-state index contributed by atoms with van der Waals surface area (Å²) in [5, 5.41) is 7.22. The minimum Gasteiger partial charge on any atom is -0.362 e. The Hall–Kier alpha value is -3.00.